The van der Waals surface area contributed by atoms with Crippen LogP contribution < -0.4 is 10.6 Å². The van der Waals surface area contributed by atoms with Crippen molar-refractivity contribution < 1.29 is 0 Å². The molecule has 0 radical (unpaired) electrons. The third-order valence-corrected chi connectivity index (χ3v) is 5.52. The molecule has 3 rings (SSSR count). The lowest BCUT2D eigenvalue weighted by molar-refractivity contribution is 0.0982. The number of likely N-dealkylation sites (tertiary alicyclic amines) is 1. The summed E-state index contributed by atoms with van der Waals surface area (Å²) < 4.78 is 2.21. The molecule has 6 nitrogen and oxygen atoms in total. The van der Waals surface area contributed by atoms with E-state index in [2.05, 4.69) is 62.1 Å². The minimum atomic E-state index is 0.147. The Morgan fingerprint density at radius 2 is 1.93 bits per heavy atom. The van der Waals surface area contributed by atoms with E-state index >= 15 is 0 Å². The Morgan fingerprint density at radius 1 is 1.15 bits per heavy atom. The predicted octanol–water partition coefficient (Wildman–Crippen LogP) is 2.86. The van der Waals surface area contributed by atoms with Crippen molar-refractivity contribution >= 4 is 17.0 Å². The van der Waals surface area contributed by atoms with Crippen molar-refractivity contribution in [3.05, 3.63) is 30.6 Å². The molecule has 1 fully saturated rings. The number of aromatic nitrogens is 2. The van der Waals surface area contributed by atoms with E-state index in [9.17, 15) is 0 Å². The second kappa shape index (κ2) is 9.22. The van der Waals surface area contributed by atoms with Gasteiger partial charge in [-0.25, -0.2) is 4.98 Å². The molecule has 2 heterocycles. The van der Waals surface area contributed by atoms with Crippen LogP contribution in [0, 0.1) is 0 Å². The third kappa shape index (κ3) is 5.22. The first kappa shape index (κ1) is 19.7. The Balaban J connectivity index is 1.41. The Labute approximate surface area is 163 Å². The number of piperidine rings is 1. The van der Waals surface area contributed by atoms with Gasteiger partial charge in [0.05, 0.1) is 17.4 Å². The van der Waals surface area contributed by atoms with Gasteiger partial charge in [-0.15, -0.1) is 0 Å². The summed E-state index contributed by atoms with van der Waals surface area (Å²) in [7, 11) is 1.84. The number of hydrogen-bond donors (Lipinski definition) is 2. The van der Waals surface area contributed by atoms with Gasteiger partial charge >= 0.3 is 0 Å². The van der Waals surface area contributed by atoms with E-state index in [-0.39, 0.29) is 5.54 Å². The van der Waals surface area contributed by atoms with Gasteiger partial charge in [-0.2, -0.15) is 0 Å². The molecule has 1 saturated heterocycles. The van der Waals surface area contributed by atoms with E-state index < -0.39 is 0 Å². The largest absolute Gasteiger partial charge is 0.356 e. The number of benzene rings is 1. The Kier molecular flexibility index (Phi) is 6.72. The summed E-state index contributed by atoms with van der Waals surface area (Å²) in [5.41, 5.74) is 2.40. The summed E-state index contributed by atoms with van der Waals surface area (Å²) in [5, 5.41) is 6.95. The number of hydrogen-bond acceptors (Lipinski definition) is 3. The first-order valence-electron chi connectivity index (χ1n) is 10.2. The van der Waals surface area contributed by atoms with E-state index in [4.69, 9.17) is 0 Å². The lowest BCUT2D eigenvalue weighted by Gasteiger charge is -2.41. The van der Waals surface area contributed by atoms with Crippen LogP contribution >= 0.6 is 0 Å². The average molecular weight is 371 g/mol. The Morgan fingerprint density at radius 3 is 2.70 bits per heavy atom. The topological polar surface area (TPSA) is 57.5 Å². The number of guanidine groups is 1. The van der Waals surface area contributed by atoms with Crippen LogP contribution in [0.15, 0.2) is 35.6 Å². The SMILES string of the molecule is CN=C(NCCCn1cnc2ccccc21)NCC(C)(C)N1CCCCC1. The first-order valence-corrected chi connectivity index (χ1v) is 10.2. The molecular formula is C21H34N6. The molecule has 2 N–H and O–H groups in total. The van der Waals surface area contributed by atoms with E-state index in [0.717, 1.165) is 37.5 Å². The van der Waals surface area contributed by atoms with Crippen LogP contribution in [0.4, 0.5) is 0 Å². The van der Waals surface area contributed by atoms with Crippen LogP contribution in [0.3, 0.4) is 0 Å². The second-order valence-corrected chi connectivity index (χ2v) is 7.99. The van der Waals surface area contributed by atoms with Crippen LogP contribution in [0.5, 0.6) is 0 Å². The first-order chi connectivity index (χ1) is 13.1. The Hall–Kier alpha value is -2.08. The molecule has 0 amide bonds. The van der Waals surface area contributed by atoms with Crippen molar-refractivity contribution in [3.8, 4) is 0 Å². The average Bonchev–Trinajstić information content (AvgIpc) is 3.11. The number of nitrogens with zero attached hydrogens (tertiary/aromatic N) is 4. The van der Waals surface area contributed by atoms with Gasteiger partial charge in [0.15, 0.2) is 5.96 Å². The van der Waals surface area contributed by atoms with E-state index in [1.54, 1.807) is 0 Å². The molecule has 6 heteroatoms. The van der Waals surface area contributed by atoms with E-state index in [1.165, 1.54) is 37.9 Å². The zero-order valence-electron chi connectivity index (χ0n) is 17.0. The summed E-state index contributed by atoms with van der Waals surface area (Å²) in [6.07, 6.45) is 6.96. The fourth-order valence-corrected chi connectivity index (χ4v) is 3.78. The monoisotopic (exact) mass is 370 g/mol. The van der Waals surface area contributed by atoms with Crippen LogP contribution in [-0.4, -0.2) is 59.2 Å². The normalized spacial score (nSPS) is 16.6. The molecule has 1 aromatic heterocycles. The van der Waals surface area contributed by atoms with Crippen molar-refractivity contribution in [2.75, 3.05) is 33.2 Å². The maximum atomic E-state index is 4.45. The van der Waals surface area contributed by atoms with Crippen molar-refractivity contribution in [2.24, 2.45) is 4.99 Å². The number of fused-ring (bicyclic) bond motifs is 1. The van der Waals surface area contributed by atoms with Crippen molar-refractivity contribution in [2.45, 2.75) is 51.6 Å². The number of aryl methyl sites for hydroxylation is 1. The van der Waals surface area contributed by atoms with Gasteiger partial charge in [-0.05, 0) is 58.3 Å². The van der Waals surface area contributed by atoms with Gasteiger partial charge < -0.3 is 15.2 Å². The van der Waals surface area contributed by atoms with E-state index in [0.29, 0.717) is 0 Å². The Bertz CT molecular complexity index is 742. The van der Waals surface area contributed by atoms with Crippen molar-refractivity contribution in [3.63, 3.8) is 0 Å². The van der Waals surface area contributed by atoms with Gasteiger partial charge in [0, 0.05) is 32.2 Å². The second-order valence-electron chi connectivity index (χ2n) is 7.99. The molecule has 0 spiro atoms. The standard InChI is InChI=1S/C21H34N6/c1-21(2,27-14-7-4-8-15-27)16-24-20(22-3)23-12-9-13-26-17-25-18-10-5-6-11-19(18)26/h5-6,10-11,17H,4,7-9,12-16H2,1-3H3,(H2,22,23,24). The number of aliphatic imine (C=N–C) groups is 1. The fourth-order valence-electron chi connectivity index (χ4n) is 3.78. The molecular weight excluding hydrogens is 336 g/mol. The minimum absolute atomic E-state index is 0.147. The molecule has 0 saturated carbocycles. The lowest BCUT2D eigenvalue weighted by atomic mass is 9.98. The van der Waals surface area contributed by atoms with Gasteiger partial charge in [0.1, 0.15) is 0 Å². The minimum Gasteiger partial charge on any atom is -0.356 e. The maximum Gasteiger partial charge on any atom is 0.191 e. The molecule has 0 aliphatic carbocycles. The summed E-state index contributed by atoms with van der Waals surface area (Å²) in [5.74, 6) is 0.885. The fraction of sp³-hybridized carbons (Fsp3) is 0.619. The molecule has 148 valence electrons. The molecule has 0 atom stereocenters. The number of para-hydroxylation sites is 2. The molecule has 1 aliphatic rings. The highest BCUT2D eigenvalue weighted by molar-refractivity contribution is 5.79. The van der Waals surface area contributed by atoms with Crippen LogP contribution in [0.2, 0.25) is 0 Å². The summed E-state index contributed by atoms with van der Waals surface area (Å²) in [4.78, 5) is 11.4. The molecule has 0 unspecified atom stereocenters. The number of imidazole rings is 1. The number of nitrogens with one attached hydrogen (secondary N) is 2. The quantitative estimate of drug-likeness (QED) is 0.447. The smallest absolute Gasteiger partial charge is 0.191 e. The zero-order valence-corrected chi connectivity index (χ0v) is 17.0. The molecule has 1 aromatic carbocycles. The highest BCUT2D eigenvalue weighted by Gasteiger charge is 2.27. The molecule has 0 bridgehead atoms. The van der Waals surface area contributed by atoms with Gasteiger partial charge in [0.25, 0.3) is 0 Å². The highest BCUT2D eigenvalue weighted by Crippen LogP contribution is 2.19. The predicted molar refractivity (Wildman–Crippen MR) is 113 cm³/mol. The van der Waals surface area contributed by atoms with Gasteiger partial charge in [-0.1, -0.05) is 18.6 Å². The number of rotatable bonds is 7. The molecule has 1 aliphatic heterocycles. The highest BCUT2D eigenvalue weighted by atomic mass is 15.2. The van der Waals surface area contributed by atoms with Crippen LogP contribution in [-0.2, 0) is 6.54 Å². The third-order valence-electron chi connectivity index (χ3n) is 5.52. The van der Waals surface area contributed by atoms with E-state index in [1.807, 2.05) is 19.4 Å². The molecule has 27 heavy (non-hydrogen) atoms. The summed E-state index contributed by atoms with van der Waals surface area (Å²) in [6, 6.07) is 8.27. The maximum absolute atomic E-state index is 4.45. The van der Waals surface area contributed by atoms with Gasteiger partial charge in [0.2, 0.25) is 0 Å². The van der Waals surface area contributed by atoms with Crippen molar-refractivity contribution in [1.82, 2.24) is 25.1 Å². The van der Waals surface area contributed by atoms with Crippen LogP contribution in [0.25, 0.3) is 11.0 Å². The zero-order chi connectivity index (χ0) is 19.1. The van der Waals surface area contributed by atoms with Crippen LogP contribution in [0.1, 0.15) is 39.5 Å². The van der Waals surface area contributed by atoms with Gasteiger partial charge in [-0.3, -0.25) is 9.89 Å². The van der Waals surface area contributed by atoms with Crippen molar-refractivity contribution in [1.29, 1.82) is 0 Å². The molecule has 2 aromatic rings. The summed E-state index contributed by atoms with van der Waals surface area (Å²) >= 11 is 0. The lowest BCUT2D eigenvalue weighted by Crippen LogP contribution is -2.54. The summed E-state index contributed by atoms with van der Waals surface area (Å²) in [6.45, 7) is 9.80.